The van der Waals surface area contributed by atoms with Crippen LogP contribution in [0.1, 0.15) is 31.7 Å². The van der Waals surface area contributed by atoms with E-state index in [0.29, 0.717) is 6.04 Å². The molecule has 0 fully saturated rings. The van der Waals surface area contributed by atoms with Gasteiger partial charge >= 0.3 is 0 Å². The van der Waals surface area contributed by atoms with Gasteiger partial charge in [0.05, 0.1) is 0 Å². The van der Waals surface area contributed by atoms with Gasteiger partial charge in [0.25, 0.3) is 0 Å². The number of carbonyl (C=O) groups excluding carboxylic acids is 1. The van der Waals surface area contributed by atoms with Gasteiger partial charge in [-0.1, -0.05) is 30.4 Å². The molecule has 0 saturated carbocycles. The second kappa shape index (κ2) is 6.36. The Balaban J connectivity index is 1.95. The molecular formula is C15H20N2O. The zero-order valence-electron chi connectivity index (χ0n) is 10.8. The molecule has 0 radical (unpaired) electrons. The van der Waals surface area contributed by atoms with Gasteiger partial charge in [-0.3, -0.25) is 4.79 Å². The number of anilines is 1. The Kier molecular flexibility index (Phi) is 4.53. The molecule has 0 heterocycles. The predicted molar refractivity (Wildman–Crippen MR) is 74.4 cm³/mol. The van der Waals surface area contributed by atoms with E-state index in [1.807, 2.05) is 18.2 Å². The quantitative estimate of drug-likeness (QED) is 0.800. The highest BCUT2D eigenvalue weighted by Gasteiger charge is 2.10. The summed E-state index contributed by atoms with van der Waals surface area (Å²) in [5, 5.41) is 6.42. The van der Waals surface area contributed by atoms with Crippen molar-refractivity contribution in [2.24, 2.45) is 0 Å². The van der Waals surface area contributed by atoms with Crippen LogP contribution in [-0.2, 0) is 11.3 Å². The van der Waals surface area contributed by atoms with Crippen molar-refractivity contribution in [3.63, 3.8) is 0 Å². The summed E-state index contributed by atoms with van der Waals surface area (Å²) in [6, 6.07) is 8.50. The summed E-state index contributed by atoms with van der Waals surface area (Å²) in [6.45, 7) is 2.34. The average Bonchev–Trinajstić information content (AvgIpc) is 2.38. The van der Waals surface area contributed by atoms with Crippen LogP contribution in [0.25, 0.3) is 0 Å². The number of hydrogen-bond acceptors (Lipinski definition) is 2. The van der Waals surface area contributed by atoms with Crippen LogP contribution in [-0.4, -0.2) is 11.9 Å². The van der Waals surface area contributed by atoms with E-state index >= 15 is 0 Å². The molecular weight excluding hydrogens is 224 g/mol. The first-order chi connectivity index (χ1) is 8.75. The summed E-state index contributed by atoms with van der Waals surface area (Å²) in [5.41, 5.74) is 2.05. The topological polar surface area (TPSA) is 41.1 Å². The molecule has 0 aromatic heterocycles. The second-order valence-corrected chi connectivity index (χ2v) is 4.70. The van der Waals surface area contributed by atoms with Crippen molar-refractivity contribution in [1.29, 1.82) is 0 Å². The number of allylic oxidation sites excluding steroid dienone is 1. The summed E-state index contributed by atoms with van der Waals surface area (Å²) in [7, 11) is 0. The van der Waals surface area contributed by atoms with Gasteiger partial charge in [0.2, 0.25) is 5.91 Å². The lowest BCUT2D eigenvalue weighted by molar-refractivity contribution is -0.114. The molecule has 0 spiro atoms. The lowest BCUT2D eigenvalue weighted by Crippen LogP contribution is -2.29. The lowest BCUT2D eigenvalue weighted by atomic mass is 10.0. The SMILES string of the molecule is CC(=O)Nc1ccccc1CNC1CC=CCC1. The molecule has 0 bridgehead atoms. The van der Waals surface area contributed by atoms with E-state index < -0.39 is 0 Å². The summed E-state index contributed by atoms with van der Waals surface area (Å²) in [6.07, 6.45) is 7.93. The Labute approximate surface area is 108 Å². The molecule has 3 heteroatoms. The minimum absolute atomic E-state index is 0.0250. The predicted octanol–water partition coefficient (Wildman–Crippen LogP) is 2.84. The maximum absolute atomic E-state index is 11.1. The third kappa shape index (κ3) is 3.70. The molecule has 1 atom stereocenters. The summed E-state index contributed by atoms with van der Waals surface area (Å²) >= 11 is 0. The molecule has 0 aliphatic heterocycles. The molecule has 1 aromatic rings. The minimum atomic E-state index is -0.0250. The minimum Gasteiger partial charge on any atom is -0.326 e. The van der Waals surface area contributed by atoms with Crippen molar-refractivity contribution in [1.82, 2.24) is 5.32 Å². The van der Waals surface area contributed by atoms with Gasteiger partial charge in [-0.15, -0.1) is 0 Å². The fraction of sp³-hybridized carbons (Fsp3) is 0.400. The maximum Gasteiger partial charge on any atom is 0.221 e. The molecule has 2 rings (SSSR count). The number of para-hydroxylation sites is 1. The molecule has 1 amide bonds. The fourth-order valence-electron chi connectivity index (χ4n) is 2.22. The smallest absolute Gasteiger partial charge is 0.221 e. The third-order valence-corrected chi connectivity index (χ3v) is 3.18. The van der Waals surface area contributed by atoms with Gasteiger partial charge in [-0.25, -0.2) is 0 Å². The largest absolute Gasteiger partial charge is 0.326 e. The van der Waals surface area contributed by atoms with Crippen molar-refractivity contribution < 1.29 is 4.79 Å². The highest BCUT2D eigenvalue weighted by Crippen LogP contribution is 2.16. The monoisotopic (exact) mass is 244 g/mol. The first-order valence-corrected chi connectivity index (χ1v) is 6.49. The van der Waals surface area contributed by atoms with Gasteiger partial charge in [0.15, 0.2) is 0 Å². The van der Waals surface area contributed by atoms with Crippen LogP contribution >= 0.6 is 0 Å². The highest BCUT2D eigenvalue weighted by atomic mass is 16.1. The molecule has 96 valence electrons. The van der Waals surface area contributed by atoms with Crippen molar-refractivity contribution in [2.45, 2.75) is 38.8 Å². The van der Waals surface area contributed by atoms with Gasteiger partial charge < -0.3 is 10.6 Å². The maximum atomic E-state index is 11.1. The summed E-state index contributed by atoms with van der Waals surface area (Å²) < 4.78 is 0. The Hall–Kier alpha value is -1.61. The van der Waals surface area contributed by atoms with Crippen LogP contribution in [0.4, 0.5) is 5.69 Å². The van der Waals surface area contributed by atoms with Gasteiger partial charge in [0.1, 0.15) is 0 Å². The van der Waals surface area contributed by atoms with E-state index in [-0.39, 0.29) is 5.91 Å². The summed E-state index contributed by atoms with van der Waals surface area (Å²) in [4.78, 5) is 11.1. The number of benzene rings is 1. The number of rotatable bonds is 4. The zero-order valence-corrected chi connectivity index (χ0v) is 10.8. The molecule has 2 N–H and O–H groups in total. The zero-order chi connectivity index (χ0) is 12.8. The van der Waals surface area contributed by atoms with E-state index in [0.717, 1.165) is 30.6 Å². The Morgan fingerprint density at radius 2 is 2.17 bits per heavy atom. The van der Waals surface area contributed by atoms with Crippen molar-refractivity contribution in [2.75, 3.05) is 5.32 Å². The first kappa shape index (κ1) is 12.8. The van der Waals surface area contributed by atoms with E-state index in [1.165, 1.54) is 13.3 Å². The van der Waals surface area contributed by atoms with Gasteiger partial charge in [-0.05, 0) is 30.9 Å². The van der Waals surface area contributed by atoms with E-state index in [4.69, 9.17) is 0 Å². The van der Waals surface area contributed by atoms with E-state index in [1.54, 1.807) is 0 Å². The second-order valence-electron chi connectivity index (χ2n) is 4.70. The first-order valence-electron chi connectivity index (χ1n) is 6.49. The molecule has 1 unspecified atom stereocenters. The van der Waals surface area contributed by atoms with Crippen LogP contribution < -0.4 is 10.6 Å². The fourth-order valence-corrected chi connectivity index (χ4v) is 2.22. The molecule has 0 saturated heterocycles. The van der Waals surface area contributed by atoms with Crippen LogP contribution in [0.15, 0.2) is 36.4 Å². The normalized spacial score (nSPS) is 18.6. The standard InChI is InChI=1S/C15H20N2O/c1-12(18)17-15-10-6-5-7-13(15)11-16-14-8-3-2-4-9-14/h2-3,5-7,10,14,16H,4,8-9,11H2,1H3,(H,17,18). The van der Waals surface area contributed by atoms with Crippen LogP contribution in [0.2, 0.25) is 0 Å². The highest BCUT2D eigenvalue weighted by molar-refractivity contribution is 5.89. The van der Waals surface area contributed by atoms with Gasteiger partial charge in [-0.2, -0.15) is 0 Å². The van der Waals surface area contributed by atoms with Crippen LogP contribution in [0.5, 0.6) is 0 Å². The molecule has 1 aromatic carbocycles. The van der Waals surface area contributed by atoms with Crippen molar-refractivity contribution in [3.8, 4) is 0 Å². The number of nitrogens with one attached hydrogen (secondary N) is 2. The van der Waals surface area contributed by atoms with Crippen LogP contribution in [0, 0.1) is 0 Å². The van der Waals surface area contributed by atoms with Gasteiger partial charge in [0, 0.05) is 25.2 Å². The molecule has 3 nitrogen and oxygen atoms in total. The van der Waals surface area contributed by atoms with Crippen molar-refractivity contribution >= 4 is 11.6 Å². The number of amides is 1. The van der Waals surface area contributed by atoms with E-state index in [9.17, 15) is 4.79 Å². The number of carbonyl (C=O) groups is 1. The Morgan fingerprint density at radius 3 is 2.89 bits per heavy atom. The van der Waals surface area contributed by atoms with Crippen molar-refractivity contribution in [3.05, 3.63) is 42.0 Å². The molecule has 18 heavy (non-hydrogen) atoms. The summed E-state index contributed by atoms with van der Waals surface area (Å²) in [5.74, 6) is -0.0250. The third-order valence-electron chi connectivity index (χ3n) is 3.18. The van der Waals surface area contributed by atoms with E-state index in [2.05, 4.69) is 28.9 Å². The Morgan fingerprint density at radius 1 is 1.33 bits per heavy atom. The lowest BCUT2D eigenvalue weighted by Gasteiger charge is -2.20. The Bertz CT molecular complexity index is 440. The average molecular weight is 244 g/mol. The number of hydrogen-bond donors (Lipinski definition) is 2. The van der Waals surface area contributed by atoms with Crippen LogP contribution in [0.3, 0.4) is 0 Å². The molecule has 1 aliphatic rings. The molecule has 1 aliphatic carbocycles.